The smallest absolute Gasteiger partial charge is 0.129 e. The molecule has 2 rings (SSSR count). The monoisotopic (exact) mass is 328 g/mol. The van der Waals surface area contributed by atoms with Crippen LogP contribution in [0.1, 0.15) is 26.7 Å². The number of allylic oxidation sites excluding steroid dienone is 5. The first-order valence-corrected chi connectivity index (χ1v) is 12.5. The van der Waals surface area contributed by atoms with Crippen LogP contribution in [0.3, 0.4) is 0 Å². The van der Waals surface area contributed by atoms with Crippen molar-refractivity contribution in [2.24, 2.45) is 0 Å². The van der Waals surface area contributed by atoms with E-state index in [1.54, 1.807) is 0 Å². The van der Waals surface area contributed by atoms with E-state index < -0.39 is 8.07 Å². The highest BCUT2D eigenvalue weighted by Crippen LogP contribution is 2.20. The van der Waals surface area contributed by atoms with Crippen LogP contribution in [0.4, 0.5) is 0 Å². The maximum Gasteiger partial charge on any atom is 0.129 e. The van der Waals surface area contributed by atoms with E-state index in [4.69, 9.17) is 0 Å². The van der Waals surface area contributed by atoms with E-state index in [9.17, 15) is 0 Å². The number of hydrogen-bond acceptors (Lipinski definition) is 2. The van der Waals surface area contributed by atoms with Crippen molar-refractivity contribution in [2.45, 2.75) is 46.3 Å². The van der Waals surface area contributed by atoms with E-state index in [-0.39, 0.29) is 0 Å². The minimum absolute atomic E-state index is 1.13. The van der Waals surface area contributed by atoms with Gasteiger partial charge in [-0.25, -0.2) is 0 Å². The van der Waals surface area contributed by atoms with Gasteiger partial charge in [0.1, 0.15) is 8.07 Å². The minimum Gasteiger partial charge on any atom is -0.369 e. The Kier molecular flexibility index (Phi) is 6.32. The summed E-state index contributed by atoms with van der Waals surface area (Å²) >= 11 is 0. The van der Waals surface area contributed by atoms with Crippen LogP contribution >= 0.6 is 0 Å². The average Bonchev–Trinajstić information content (AvgIpc) is 2.48. The molecule has 0 aromatic carbocycles. The Morgan fingerprint density at radius 3 is 2.39 bits per heavy atom. The molecule has 0 radical (unpaired) electrons. The normalized spacial score (nSPS) is 20.6. The topological polar surface area (TPSA) is 6.48 Å². The predicted octanol–water partition coefficient (Wildman–Crippen LogP) is 4.06. The summed E-state index contributed by atoms with van der Waals surface area (Å²) in [5.74, 6) is 3.47. The molecule has 2 aliphatic rings. The zero-order valence-electron chi connectivity index (χ0n) is 15.6. The minimum atomic E-state index is -1.34. The fourth-order valence-corrected chi connectivity index (χ4v) is 3.44. The van der Waals surface area contributed by atoms with Gasteiger partial charge in [0.25, 0.3) is 0 Å². The fraction of sp³-hybridized carbons (Fsp3) is 0.600. The van der Waals surface area contributed by atoms with E-state index in [0.717, 1.165) is 32.5 Å². The van der Waals surface area contributed by atoms with Crippen LogP contribution in [0, 0.1) is 11.5 Å². The fourth-order valence-electron chi connectivity index (χ4n) is 2.92. The molecule has 0 aromatic rings. The Balaban J connectivity index is 2.21. The molecule has 0 amide bonds. The highest BCUT2D eigenvalue weighted by molar-refractivity contribution is 6.83. The number of nitrogens with zero attached hydrogens (tertiary/aromatic N) is 2. The lowest BCUT2D eigenvalue weighted by Crippen LogP contribution is -2.45. The second-order valence-corrected chi connectivity index (χ2v) is 12.4. The van der Waals surface area contributed by atoms with Crippen molar-refractivity contribution < 1.29 is 0 Å². The number of hydrogen-bond donors (Lipinski definition) is 0. The lowest BCUT2D eigenvalue weighted by atomic mass is 10.0. The standard InChI is InChI=1S/C20H32N2Si/c1-6-21-11-13-22(14-12-21)20-9-7-8-18(2)16-19(17-20)10-15-23(3,4)5/h9,16-17H,6-8,11-14H2,1-5H3. The first kappa shape index (κ1) is 18.1. The highest BCUT2D eigenvalue weighted by atomic mass is 28.3. The van der Waals surface area contributed by atoms with Crippen LogP contribution in [0.2, 0.25) is 19.6 Å². The van der Waals surface area contributed by atoms with Crippen LogP contribution < -0.4 is 0 Å². The molecule has 126 valence electrons. The van der Waals surface area contributed by atoms with E-state index in [1.165, 1.54) is 29.9 Å². The third-order valence-corrected chi connectivity index (χ3v) is 5.24. The third kappa shape index (κ3) is 6.05. The maximum absolute atomic E-state index is 3.52. The van der Waals surface area contributed by atoms with Gasteiger partial charge in [-0.1, -0.05) is 44.1 Å². The molecule has 0 saturated carbocycles. The van der Waals surface area contributed by atoms with Crippen molar-refractivity contribution in [2.75, 3.05) is 32.7 Å². The van der Waals surface area contributed by atoms with E-state index in [1.807, 2.05) is 0 Å². The van der Waals surface area contributed by atoms with Crippen LogP contribution in [0.25, 0.3) is 0 Å². The van der Waals surface area contributed by atoms with Crippen molar-refractivity contribution in [1.82, 2.24) is 9.80 Å². The van der Waals surface area contributed by atoms with Gasteiger partial charge in [-0.2, -0.15) is 0 Å². The zero-order valence-corrected chi connectivity index (χ0v) is 16.6. The quantitative estimate of drug-likeness (QED) is 0.557. The van der Waals surface area contributed by atoms with E-state index in [0.29, 0.717) is 0 Å². The molecular formula is C20H32N2Si. The summed E-state index contributed by atoms with van der Waals surface area (Å²) in [4.78, 5) is 5.07. The molecule has 2 nitrogen and oxygen atoms in total. The lowest BCUT2D eigenvalue weighted by Gasteiger charge is -2.36. The molecule has 1 heterocycles. The Morgan fingerprint density at radius 2 is 1.78 bits per heavy atom. The van der Waals surface area contributed by atoms with Gasteiger partial charge >= 0.3 is 0 Å². The first-order chi connectivity index (χ1) is 10.9. The molecule has 0 aromatic heterocycles. The maximum atomic E-state index is 3.52. The van der Waals surface area contributed by atoms with Gasteiger partial charge in [0.05, 0.1) is 0 Å². The molecular weight excluding hydrogens is 296 g/mol. The van der Waals surface area contributed by atoms with E-state index >= 15 is 0 Å². The zero-order chi connectivity index (χ0) is 16.9. The summed E-state index contributed by atoms with van der Waals surface area (Å²) in [6.45, 7) is 17.2. The van der Waals surface area contributed by atoms with Gasteiger partial charge in [-0.05, 0) is 38.5 Å². The van der Waals surface area contributed by atoms with E-state index in [2.05, 4.69) is 73.0 Å². The largest absolute Gasteiger partial charge is 0.369 e. The Hall–Kier alpha value is -1.24. The van der Waals surface area contributed by atoms with Gasteiger partial charge in [0.2, 0.25) is 0 Å². The third-order valence-electron chi connectivity index (χ3n) is 4.36. The van der Waals surface area contributed by atoms with Gasteiger partial charge < -0.3 is 9.80 Å². The highest BCUT2D eigenvalue weighted by Gasteiger charge is 2.17. The van der Waals surface area contributed by atoms with Crippen molar-refractivity contribution in [3.05, 3.63) is 35.1 Å². The summed E-state index contributed by atoms with van der Waals surface area (Å²) in [7, 11) is -1.34. The molecule has 23 heavy (non-hydrogen) atoms. The van der Waals surface area contributed by atoms with Gasteiger partial charge in [-0.3, -0.25) is 0 Å². The van der Waals surface area contributed by atoms with Crippen LogP contribution in [-0.2, 0) is 0 Å². The van der Waals surface area contributed by atoms with Crippen LogP contribution in [0.5, 0.6) is 0 Å². The predicted molar refractivity (Wildman–Crippen MR) is 104 cm³/mol. The summed E-state index contributed by atoms with van der Waals surface area (Å²) < 4.78 is 0. The second-order valence-electron chi connectivity index (χ2n) is 7.68. The number of likely N-dealkylation sites (N-methyl/N-ethyl adjacent to an activating group) is 1. The molecule has 3 heteroatoms. The van der Waals surface area contributed by atoms with Crippen molar-refractivity contribution >= 4 is 8.07 Å². The molecule has 0 bridgehead atoms. The molecule has 0 spiro atoms. The molecule has 0 N–H and O–H groups in total. The Bertz CT molecular complexity index is 559. The summed E-state index contributed by atoms with van der Waals surface area (Å²) in [6, 6.07) is 0. The molecule has 1 aliphatic carbocycles. The van der Waals surface area contributed by atoms with Crippen molar-refractivity contribution in [1.29, 1.82) is 0 Å². The number of piperazine rings is 1. The molecule has 1 fully saturated rings. The Morgan fingerprint density at radius 1 is 1.09 bits per heavy atom. The number of rotatable bonds is 2. The average molecular weight is 329 g/mol. The molecule has 0 atom stereocenters. The molecule has 1 saturated heterocycles. The first-order valence-electron chi connectivity index (χ1n) is 8.97. The van der Waals surface area contributed by atoms with Crippen LogP contribution in [-0.4, -0.2) is 50.6 Å². The lowest BCUT2D eigenvalue weighted by molar-refractivity contribution is 0.168. The van der Waals surface area contributed by atoms with Crippen molar-refractivity contribution in [3.8, 4) is 11.5 Å². The summed E-state index contributed by atoms with van der Waals surface area (Å²) in [6.07, 6.45) is 9.30. The van der Waals surface area contributed by atoms with Crippen LogP contribution in [0.15, 0.2) is 35.1 Å². The second kappa shape index (κ2) is 8.03. The summed E-state index contributed by atoms with van der Waals surface area (Å²) in [5, 5.41) is 0. The SMILES string of the molecule is CCN1CCN(C2=CCCC(C)=CC(C#C[Si](C)(C)C)=C2)CC1. The molecule has 1 aliphatic heterocycles. The summed E-state index contributed by atoms with van der Waals surface area (Å²) in [5.41, 5.74) is 7.53. The molecule has 0 unspecified atom stereocenters. The van der Waals surface area contributed by atoms with Gasteiger partial charge in [0.15, 0.2) is 0 Å². The van der Waals surface area contributed by atoms with Gasteiger partial charge in [-0.15, -0.1) is 5.54 Å². The van der Waals surface area contributed by atoms with Gasteiger partial charge in [0, 0.05) is 37.4 Å². The Labute approximate surface area is 143 Å². The van der Waals surface area contributed by atoms with Crippen molar-refractivity contribution in [3.63, 3.8) is 0 Å².